The number of hydrogen-bond donors (Lipinski definition) is 1. The monoisotopic (exact) mass is 386 g/mol. The summed E-state index contributed by atoms with van der Waals surface area (Å²) in [6, 6.07) is 9.33. The van der Waals surface area contributed by atoms with Crippen LogP contribution in [0.3, 0.4) is 0 Å². The van der Waals surface area contributed by atoms with E-state index in [4.69, 9.17) is 0 Å². The second-order valence-electron chi connectivity index (χ2n) is 5.38. The van der Waals surface area contributed by atoms with Gasteiger partial charge in [0.15, 0.2) is 5.82 Å². The molecular formula is C14H13F3N6O2S. The summed E-state index contributed by atoms with van der Waals surface area (Å²) >= 11 is 0. The summed E-state index contributed by atoms with van der Waals surface area (Å²) in [6.45, 7) is -0.991. The fourth-order valence-electron chi connectivity index (χ4n) is 2.14. The van der Waals surface area contributed by atoms with E-state index in [1.54, 1.807) is 0 Å². The first kappa shape index (κ1) is 17.9. The van der Waals surface area contributed by atoms with Crippen LogP contribution in [0.25, 0.3) is 0 Å². The third-order valence-electron chi connectivity index (χ3n) is 3.23. The van der Waals surface area contributed by atoms with Gasteiger partial charge in [0.1, 0.15) is 11.4 Å². The summed E-state index contributed by atoms with van der Waals surface area (Å²) in [5, 5.41) is 10.9. The first-order chi connectivity index (χ1) is 12.2. The number of halogens is 3. The van der Waals surface area contributed by atoms with Crippen molar-refractivity contribution in [3.8, 4) is 0 Å². The second-order valence-corrected chi connectivity index (χ2v) is 7.06. The fraction of sp³-hybridized carbons (Fsp3) is 0.214. The van der Waals surface area contributed by atoms with Crippen LogP contribution < -0.4 is 4.72 Å². The number of benzene rings is 1. The van der Waals surface area contributed by atoms with E-state index >= 15 is 0 Å². The van der Waals surface area contributed by atoms with Crippen molar-refractivity contribution < 1.29 is 21.6 Å². The number of sulfonamides is 1. The maximum atomic E-state index is 12.3. The Morgan fingerprint density at radius 3 is 2.50 bits per heavy atom. The van der Waals surface area contributed by atoms with Gasteiger partial charge in [-0.1, -0.05) is 35.5 Å². The zero-order valence-electron chi connectivity index (χ0n) is 13.1. The van der Waals surface area contributed by atoms with Crippen molar-refractivity contribution in [2.75, 3.05) is 4.72 Å². The average Bonchev–Trinajstić information content (AvgIpc) is 3.16. The largest absolute Gasteiger partial charge is 0.408 e. The highest BCUT2D eigenvalue weighted by molar-refractivity contribution is 7.92. The molecule has 1 N–H and O–H groups in total. The zero-order chi connectivity index (χ0) is 18.8. The van der Waals surface area contributed by atoms with Crippen LogP contribution in [-0.4, -0.2) is 39.4 Å². The molecule has 0 saturated heterocycles. The average molecular weight is 386 g/mol. The number of rotatable bonds is 6. The Hall–Kier alpha value is -2.89. The lowest BCUT2D eigenvalue weighted by Gasteiger charge is -2.05. The van der Waals surface area contributed by atoms with Crippen LogP contribution >= 0.6 is 0 Å². The Kier molecular flexibility index (Phi) is 4.68. The highest BCUT2D eigenvalue weighted by Gasteiger charge is 2.29. The quantitative estimate of drug-likeness (QED) is 0.698. The molecule has 2 heterocycles. The molecule has 12 heteroatoms. The molecule has 0 aliphatic heterocycles. The van der Waals surface area contributed by atoms with E-state index in [0.717, 1.165) is 18.0 Å². The second kappa shape index (κ2) is 6.78. The lowest BCUT2D eigenvalue weighted by atomic mass is 10.2. The van der Waals surface area contributed by atoms with Gasteiger partial charge in [-0.2, -0.15) is 18.3 Å². The van der Waals surface area contributed by atoms with Gasteiger partial charge < -0.3 is 0 Å². The minimum atomic E-state index is -4.50. The molecule has 0 unspecified atom stereocenters. The van der Waals surface area contributed by atoms with Crippen LogP contribution in [0.1, 0.15) is 5.56 Å². The molecule has 0 aliphatic carbocycles. The van der Waals surface area contributed by atoms with Crippen molar-refractivity contribution in [2.24, 2.45) is 0 Å². The van der Waals surface area contributed by atoms with Gasteiger partial charge >= 0.3 is 6.18 Å². The topological polar surface area (TPSA) is 94.7 Å². The Bertz CT molecular complexity index is 982. The van der Waals surface area contributed by atoms with Crippen molar-refractivity contribution in [2.45, 2.75) is 24.2 Å². The van der Waals surface area contributed by atoms with Gasteiger partial charge in [0, 0.05) is 6.20 Å². The number of hydrogen-bond acceptors (Lipinski definition) is 5. The number of alkyl halides is 3. The standard InChI is InChI=1S/C14H13F3N6O2S/c15-14(16,17)10-23-8-12(6-18-23)26(24,25)20-13-9-22(21-19-13)7-11-4-2-1-3-5-11/h1-6,8-9,20H,7,10H2. The van der Waals surface area contributed by atoms with E-state index in [1.807, 2.05) is 30.3 Å². The first-order valence-electron chi connectivity index (χ1n) is 7.27. The van der Waals surface area contributed by atoms with E-state index in [-0.39, 0.29) is 5.82 Å². The highest BCUT2D eigenvalue weighted by atomic mass is 32.2. The Balaban J connectivity index is 1.70. The molecule has 0 atom stereocenters. The molecule has 8 nitrogen and oxygen atoms in total. The maximum Gasteiger partial charge on any atom is 0.408 e. The summed E-state index contributed by atoms with van der Waals surface area (Å²) in [7, 11) is -4.12. The van der Waals surface area contributed by atoms with Crippen LogP contribution in [0.15, 0.2) is 53.8 Å². The van der Waals surface area contributed by atoms with Gasteiger partial charge in [-0.15, -0.1) is 5.10 Å². The van der Waals surface area contributed by atoms with Crippen LogP contribution in [-0.2, 0) is 23.1 Å². The molecule has 138 valence electrons. The van der Waals surface area contributed by atoms with Crippen molar-refractivity contribution >= 4 is 15.8 Å². The third-order valence-corrected chi connectivity index (χ3v) is 4.54. The lowest BCUT2D eigenvalue weighted by Crippen LogP contribution is -2.18. The minimum absolute atomic E-state index is 0.0514. The Morgan fingerprint density at radius 2 is 1.81 bits per heavy atom. The smallest absolute Gasteiger partial charge is 0.262 e. The molecule has 1 aromatic carbocycles. The SMILES string of the molecule is O=S(=O)(Nc1cn(Cc2ccccc2)nn1)c1cnn(CC(F)(F)F)c1. The van der Waals surface area contributed by atoms with E-state index in [0.29, 0.717) is 11.2 Å². The molecule has 0 spiro atoms. The summed E-state index contributed by atoms with van der Waals surface area (Å²) < 4.78 is 65.5. The van der Waals surface area contributed by atoms with E-state index < -0.39 is 27.6 Å². The molecule has 2 aromatic heterocycles. The predicted octanol–water partition coefficient (Wildman–Crippen LogP) is 1.89. The number of nitrogens with one attached hydrogen (secondary N) is 1. The van der Waals surface area contributed by atoms with Crippen molar-refractivity contribution in [1.82, 2.24) is 24.8 Å². The van der Waals surface area contributed by atoms with E-state index in [2.05, 4.69) is 20.1 Å². The van der Waals surface area contributed by atoms with Crippen LogP contribution in [0.4, 0.5) is 19.0 Å². The van der Waals surface area contributed by atoms with Gasteiger partial charge in [-0.05, 0) is 5.56 Å². The van der Waals surface area contributed by atoms with Gasteiger partial charge in [-0.25, -0.2) is 13.1 Å². The molecule has 0 aliphatic rings. The summed E-state index contributed by atoms with van der Waals surface area (Å²) in [5.41, 5.74) is 0.945. The number of nitrogens with zero attached hydrogens (tertiary/aromatic N) is 5. The minimum Gasteiger partial charge on any atom is -0.262 e. The Morgan fingerprint density at radius 1 is 1.08 bits per heavy atom. The van der Waals surface area contributed by atoms with Crippen molar-refractivity contribution in [3.63, 3.8) is 0 Å². The fourth-order valence-corrected chi connectivity index (χ4v) is 3.08. The molecule has 0 saturated carbocycles. The number of aromatic nitrogens is 5. The molecular weight excluding hydrogens is 373 g/mol. The molecule has 3 aromatic rings. The van der Waals surface area contributed by atoms with Gasteiger partial charge in [0.05, 0.1) is 18.9 Å². The van der Waals surface area contributed by atoms with Gasteiger partial charge in [0.25, 0.3) is 10.0 Å². The zero-order valence-corrected chi connectivity index (χ0v) is 13.9. The third kappa shape index (κ3) is 4.59. The van der Waals surface area contributed by atoms with Gasteiger partial charge in [-0.3, -0.25) is 9.40 Å². The van der Waals surface area contributed by atoms with E-state index in [9.17, 15) is 21.6 Å². The summed E-state index contributed by atoms with van der Waals surface area (Å²) in [4.78, 5) is -0.403. The highest BCUT2D eigenvalue weighted by Crippen LogP contribution is 2.19. The Labute approximate surface area is 146 Å². The number of anilines is 1. The molecule has 0 radical (unpaired) electrons. The molecule has 3 rings (SSSR count). The predicted molar refractivity (Wildman–Crippen MR) is 84.7 cm³/mol. The van der Waals surface area contributed by atoms with Gasteiger partial charge in [0.2, 0.25) is 0 Å². The normalized spacial score (nSPS) is 12.3. The van der Waals surface area contributed by atoms with Crippen molar-refractivity contribution in [3.05, 3.63) is 54.5 Å². The van der Waals surface area contributed by atoms with Crippen LogP contribution in [0, 0.1) is 0 Å². The molecule has 0 bridgehead atoms. The van der Waals surface area contributed by atoms with Crippen molar-refractivity contribution in [1.29, 1.82) is 0 Å². The molecule has 0 amide bonds. The van der Waals surface area contributed by atoms with Crippen LogP contribution in [0.5, 0.6) is 0 Å². The first-order valence-corrected chi connectivity index (χ1v) is 8.76. The summed E-state index contributed by atoms with van der Waals surface area (Å²) in [5.74, 6) is -0.0514. The maximum absolute atomic E-state index is 12.3. The lowest BCUT2D eigenvalue weighted by molar-refractivity contribution is -0.142. The molecule has 0 fully saturated rings. The van der Waals surface area contributed by atoms with E-state index in [1.165, 1.54) is 10.9 Å². The summed E-state index contributed by atoms with van der Waals surface area (Å²) in [6.07, 6.45) is -1.49. The molecule has 26 heavy (non-hydrogen) atoms. The van der Waals surface area contributed by atoms with Crippen LogP contribution in [0.2, 0.25) is 0 Å².